The van der Waals surface area contributed by atoms with Crippen molar-refractivity contribution in [2.45, 2.75) is 20.8 Å². The van der Waals surface area contributed by atoms with Gasteiger partial charge in [0.15, 0.2) is 10.8 Å². The molecule has 0 fully saturated rings. The van der Waals surface area contributed by atoms with Crippen molar-refractivity contribution in [3.05, 3.63) is 17.3 Å². The normalized spacial score (nSPS) is 9.72. The number of hydrogen-bond acceptors (Lipinski definition) is 6. The van der Waals surface area contributed by atoms with Crippen molar-refractivity contribution in [2.24, 2.45) is 0 Å². The van der Waals surface area contributed by atoms with Crippen LogP contribution in [0.4, 0.5) is 10.1 Å². The SMILES string of the molecule is CCOC(=O)c1nc(NC(=O)C=C(C)C)sc1N. The average Bonchev–Trinajstić information content (AvgIpc) is 2.58. The molecule has 0 atom stereocenters. The number of allylic oxidation sites excluding steroid dienone is 1. The van der Waals surface area contributed by atoms with Gasteiger partial charge in [0.05, 0.1) is 6.61 Å². The fourth-order valence-corrected chi connectivity index (χ4v) is 1.86. The summed E-state index contributed by atoms with van der Waals surface area (Å²) in [5, 5.41) is 3.03. The van der Waals surface area contributed by atoms with Gasteiger partial charge in [0.1, 0.15) is 5.00 Å². The first-order valence-corrected chi connectivity index (χ1v) is 6.15. The monoisotopic (exact) mass is 269 g/mol. The molecule has 0 spiro atoms. The molecule has 1 amide bonds. The van der Waals surface area contributed by atoms with Gasteiger partial charge in [0, 0.05) is 6.08 Å². The summed E-state index contributed by atoms with van der Waals surface area (Å²) in [7, 11) is 0. The third-order valence-electron chi connectivity index (χ3n) is 1.77. The highest BCUT2D eigenvalue weighted by molar-refractivity contribution is 7.19. The van der Waals surface area contributed by atoms with E-state index in [1.807, 2.05) is 0 Å². The van der Waals surface area contributed by atoms with Gasteiger partial charge in [-0.1, -0.05) is 16.9 Å². The Hall–Kier alpha value is -1.89. The van der Waals surface area contributed by atoms with Gasteiger partial charge in [-0.2, -0.15) is 0 Å². The van der Waals surface area contributed by atoms with Crippen molar-refractivity contribution in [1.29, 1.82) is 0 Å². The molecule has 0 saturated carbocycles. The number of nitrogen functional groups attached to an aromatic ring is 1. The summed E-state index contributed by atoms with van der Waals surface area (Å²) in [6.45, 7) is 5.55. The lowest BCUT2D eigenvalue weighted by Gasteiger charge is -1.98. The molecule has 0 aromatic carbocycles. The summed E-state index contributed by atoms with van der Waals surface area (Å²) in [5.74, 6) is -0.895. The van der Waals surface area contributed by atoms with Crippen molar-refractivity contribution in [3.63, 3.8) is 0 Å². The molecule has 0 saturated heterocycles. The Balaban J connectivity index is 2.81. The lowest BCUT2D eigenvalue weighted by Crippen LogP contribution is -2.10. The van der Waals surface area contributed by atoms with Crippen LogP contribution in [-0.2, 0) is 9.53 Å². The highest BCUT2D eigenvalue weighted by atomic mass is 32.1. The van der Waals surface area contributed by atoms with Crippen LogP contribution < -0.4 is 11.1 Å². The molecule has 6 nitrogen and oxygen atoms in total. The van der Waals surface area contributed by atoms with Gasteiger partial charge in [-0.25, -0.2) is 9.78 Å². The van der Waals surface area contributed by atoms with E-state index in [9.17, 15) is 9.59 Å². The molecule has 1 aromatic rings. The van der Waals surface area contributed by atoms with Gasteiger partial charge in [-0.05, 0) is 20.8 Å². The molecule has 0 bridgehead atoms. The summed E-state index contributed by atoms with van der Waals surface area (Å²) in [4.78, 5) is 26.9. The summed E-state index contributed by atoms with van der Waals surface area (Å²) in [6.07, 6.45) is 1.43. The number of nitrogens with zero attached hydrogens (tertiary/aromatic N) is 1. The van der Waals surface area contributed by atoms with Crippen LogP contribution in [0.15, 0.2) is 11.6 Å². The smallest absolute Gasteiger partial charge is 0.360 e. The number of rotatable bonds is 4. The van der Waals surface area contributed by atoms with E-state index < -0.39 is 5.97 Å². The Morgan fingerprint density at radius 2 is 2.17 bits per heavy atom. The number of carbonyl (C=O) groups is 2. The number of carbonyl (C=O) groups excluding carboxylic acids is 2. The number of thiazole rings is 1. The quantitative estimate of drug-likeness (QED) is 0.642. The van der Waals surface area contributed by atoms with E-state index in [0.29, 0.717) is 0 Å². The molecule has 18 heavy (non-hydrogen) atoms. The molecule has 1 heterocycles. The first-order valence-electron chi connectivity index (χ1n) is 5.33. The zero-order valence-electron chi connectivity index (χ0n) is 10.4. The Kier molecular flexibility index (Phi) is 4.85. The lowest BCUT2D eigenvalue weighted by molar-refractivity contribution is -0.111. The van der Waals surface area contributed by atoms with Crippen molar-refractivity contribution < 1.29 is 14.3 Å². The topological polar surface area (TPSA) is 94.3 Å². The van der Waals surface area contributed by atoms with E-state index in [2.05, 4.69) is 10.3 Å². The van der Waals surface area contributed by atoms with Crippen LogP contribution in [0.2, 0.25) is 0 Å². The molecule has 7 heteroatoms. The van der Waals surface area contributed by atoms with E-state index >= 15 is 0 Å². The highest BCUT2D eigenvalue weighted by Crippen LogP contribution is 2.25. The lowest BCUT2D eigenvalue weighted by atomic mass is 10.3. The Labute approximate surface area is 109 Å². The molecular formula is C11H15N3O3S. The Morgan fingerprint density at radius 3 is 2.72 bits per heavy atom. The van der Waals surface area contributed by atoms with E-state index in [4.69, 9.17) is 10.5 Å². The van der Waals surface area contributed by atoms with Crippen LogP contribution in [-0.4, -0.2) is 23.5 Å². The maximum atomic E-state index is 11.5. The molecule has 1 aromatic heterocycles. The van der Waals surface area contributed by atoms with Crippen molar-refractivity contribution in [2.75, 3.05) is 17.7 Å². The number of ether oxygens (including phenoxy) is 1. The summed E-state index contributed by atoms with van der Waals surface area (Å²) in [6, 6.07) is 0. The number of esters is 1. The van der Waals surface area contributed by atoms with Crippen LogP contribution >= 0.6 is 11.3 Å². The second-order valence-electron chi connectivity index (χ2n) is 3.66. The van der Waals surface area contributed by atoms with E-state index in [0.717, 1.165) is 16.9 Å². The maximum absolute atomic E-state index is 11.5. The van der Waals surface area contributed by atoms with Crippen LogP contribution in [0.25, 0.3) is 0 Å². The minimum absolute atomic E-state index is 0.0364. The second kappa shape index (κ2) is 6.15. The van der Waals surface area contributed by atoms with Crippen molar-refractivity contribution in [1.82, 2.24) is 4.98 Å². The molecule has 0 aliphatic heterocycles. The molecule has 1 rings (SSSR count). The first kappa shape index (κ1) is 14.2. The van der Waals surface area contributed by atoms with Crippen LogP contribution in [0.1, 0.15) is 31.3 Å². The predicted molar refractivity (Wildman–Crippen MR) is 70.5 cm³/mol. The zero-order chi connectivity index (χ0) is 13.7. The summed E-state index contributed by atoms with van der Waals surface area (Å²) < 4.78 is 4.79. The molecular weight excluding hydrogens is 254 g/mol. The van der Waals surface area contributed by atoms with Gasteiger partial charge in [0.25, 0.3) is 0 Å². The molecule has 0 unspecified atom stereocenters. The largest absolute Gasteiger partial charge is 0.461 e. The van der Waals surface area contributed by atoms with Crippen LogP contribution in [0.3, 0.4) is 0 Å². The first-order chi connectivity index (χ1) is 8.43. The van der Waals surface area contributed by atoms with E-state index in [1.165, 1.54) is 6.08 Å². The van der Waals surface area contributed by atoms with Gasteiger partial charge in [0.2, 0.25) is 5.91 Å². The molecule has 0 aliphatic carbocycles. The van der Waals surface area contributed by atoms with Gasteiger partial charge < -0.3 is 10.5 Å². The summed E-state index contributed by atoms with van der Waals surface area (Å²) in [5.41, 5.74) is 6.54. The maximum Gasteiger partial charge on any atom is 0.360 e. The fraction of sp³-hybridized carbons (Fsp3) is 0.364. The van der Waals surface area contributed by atoms with Crippen molar-refractivity contribution in [3.8, 4) is 0 Å². The number of aromatic nitrogens is 1. The third kappa shape index (κ3) is 3.85. The molecule has 3 N–H and O–H groups in total. The number of hydrogen-bond donors (Lipinski definition) is 2. The van der Waals surface area contributed by atoms with Gasteiger partial charge in [-0.15, -0.1) is 0 Å². The highest BCUT2D eigenvalue weighted by Gasteiger charge is 2.17. The second-order valence-corrected chi connectivity index (χ2v) is 4.69. The number of anilines is 2. The minimum Gasteiger partial charge on any atom is -0.461 e. The minimum atomic E-state index is -0.589. The Morgan fingerprint density at radius 1 is 1.50 bits per heavy atom. The van der Waals surface area contributed by atoms with Crippen LogP contribution in [0, 0.1) is 0 Å². The number of amides is 1. The Bertz CT molecular complexity index is 490. The summed E-state index contributed by atoms with van der Waals surface area (Å²) >= 11 is 1.03. The van der Waals surface area contributed by atoms with Crippen molar-refractivity contribution >= 4 is 33.3 Å². The number of nitrogens with two attached hydrogens (primary N) is 1. The van der Waals surface area contributed by atoms with Gasteiger partial charge in [-0.3, -0.25) is 10.1 Å². The molecule has 0 radical (unpaired) electrons. The average molecular weight is 269 g/mol. The number of nitrogens with one attached hydrogen (secondary N) is 1. The standard InChI is InChI=1S/C11H15N3O3S/c1-4-17-10(16)8-9(12)18-11(14-8)13-7(15)5-6(2)3/h5H,4,12H2,1-3H3,(H,13,14,15). The van der Waals surface area contributed by atoms with E-state index in [1.54, 1.807) is 20.8 Å². The van der Waals surface area contributed by atoms with Gasteiger partial charge >= 0.3 is 5.97 Å². The van der Waals surface area contributed by atoms with E-state index in [-0.39, 0.29) is 28.3 Å². The zero-order valence-corrected chi connectivity index (χ0v) is 11.3. The predicted octanol–water partition coefficient (Wildman–Crippen LogP) is 1.81. The molecule has 98 valence electrons. The third-order valence-corrected chi connectivity index (χ3v) is 2.57. The van der Waals surface area contributed by atoms with Crippen LogP contribution in [0.5, 0.6) is 0 Å². The molecule has 0 aliphatic rings. The fourth-order valence-electron chi connectivity index (χ4n) is 1.13.